The van der Waals surface area contributed by atoms with Gasteiger partial charge in [-0.05, 0) is 37.4 Å². The van der Waals surface area contributed by atoms with Crippen LogP contribution in [0.25, 0.3) is 0 Å². The van der Waals surface area contributed by atoms with Gasteiger partial charge in [-0.15, -0.1) is 0 Å². The quantitative estimate of drug-likeness (QED) is 0.775. The highest BCUT2D eigenvalue weighted by atomic mass is 28.4. The van der Waals surface area contributed by atoms with Crippen molar-refractivity contribution < 1.29 is 14.3 Å². The molecule has 0 spiro atoms. The third-order valence-corrected chi connectivity index (χ3v) is 8.53. The monoisotopic (exact) mass is 244 g/mol. The average molecular weight is 244 g/mol. The van der Waals surface area contributed by atoms with E-state index in [2.05, 4.69) is 33.9 Å². The summed E-state index contributed by atoms with van der Waals surface area (Å²) in [6.45, 7) is 10.9. The lowest BCUT2D eigenvalue weighted by Crippen LogP contribution is -2.45. The molecular weight excluding hydrogens is 220 g/mol. The normalized spacial score (nSPS) is 27.1. The van der Waals surface area contributed by atoms with Crippen molar-refractivity contribution in [3.8, 4) is 0 Å². The molecule has 1 N–H and O–H groups in total. The highest BCUT2D eigenvalue weighted by Crippen LogP contribution is 2.40. The summed E-state index contributed by atoms with van der Waals surface area (Å²) in [4.78, 5) is 11.1. The minimum absolute atomic E-state index is 0.0570. The molecule has 1 fully saturated rings. The van der Waals surface area contributed by atoms with Gasteiger partial charge in [0.05, 0.1) is 12.0 Å². The molecule has 0 unspecified atom stereocenters. The predicted molar refractivity (Wildman–Crippen MR) is 67.0 cm³/mol. The summed E-state index contributed by atoms with van der Waals surface area (Å²) in [6.07, 6.45) is 2.60. The molecule has 1 saturated carbocycles. The Morgan fingerprint density at radius 1 is 1.31 bits per heavy atom. The van der Waals surface area contributed by atoms with Crippen LogP contribution in [0.15, 0.2) is 0 Å². The van der Waals surface area contributed by atoms with Gasteiger partial charge in [-0.3, -0.25) is 4.79 Å². The summed E-state index contributed by atoms with van der Waals surface area (Å²) in [5.74, 6) is -0.977. The summed E-state index contributed by atoms with van der Waals surface area (Å²) in [5.41, 5.74) is 0. The maximum atomic E-state index is 11.1. The standard InChI is InChI=1S/C12H24O3Si/c1-12(2,3)16(4,5)15-10-8-6-7-9(10)11(13)14/h9-10H,6-8H2,1-5H3,(H,13,14)/t9-,10-/m0/s1. The number of hydrogen-bond donors (Lipinski definition) is 1. The van der Waals surface area contributed by atoms with Crippen LogP contribution in [0, 0.1) is 5.92 Å². The van der Waals surface area contributed by atoms with Gasteiger partial charge in [0.1, 0.15) is 0 Å². The van der Waals surface area contributed by atoms with Crippen molar-refractivity contribution in [2.45, 2.75) is 64.3 Å². The molecule has 1 rings (SSSR count). The van der Waals surface area contributed by atoms with Crippen molar-refractivity contribution in [3.05, 3.63) is 0 Å². The summed E-state index contributed by atoms with van der Waals surface area (Å²) in [7, 11) is -1.82. The van der Waals surface area contributed by atoms with Crippen molar-refractivity contribution in [1.82, 2.24) is 0 Å². The lowest BCUT2D eigenvalue weighted by molar-refractivity contribution is -0.144. The number of carbonyl (C=O) groups is 1. The third-order valence-electron chi connectivity index (χ3n) is 4.02. The Labute approximate surface area is 99.3 Å². The minimum Gasteiger partial charge on any atom is -0.481 e. The fraction of sp³-hybridized carbons (Fsp3) is 0.917. The van der Waals surface area contributed by atoms with E-state index in [0.29, 0.717) is 0 Å². The first-order valence-electron chi connectivity index (χ1n) is 6.06. The molecule has 4 heteroatoms. The smallest absolute Gasteiger partial charge is 0.309 e. The molecule has 0 aromatic rings. The molecule has 0 saturated heterocycles. The maximum absolute atomic E-state index is 11.1. The molecule has 94 valence electrons. The molecule has 3 nitrogen and oxygen atoms in total. The Hall–Kier alpha value is -0.353. The van der Waals surface area contributed by atoms with Crippen LogP contribution in [0.4, 0.5) is 0 Å². The Bertz CT molecular complexity index is 268. The van der Waals surface area contributed by atoms with Gasteiger partial charge in [0.25, 0.3) is 0 Å². The van der Waals surface area contributed by atoms with E-state index in [1.54, 1.807) is 0 Å². The fourth-order valence-electron chi connectivity index (χ4n) is 1.90. The largest absolute Gasteiger partial charge is 0.481 e. The van der Waals surface area contributed by atoms with Crippen molar-refractivity contribution in [1.29, 1.82) is 0 Å². The third kappa shape index (κ3) is 2.86. The van der Waals surface area contributed by atoms with Gasteiger partial charge in [0.15, 0.2) is 8.32 Å². The van der Waals surface area contributed by atoms with Gasteiger partial charge >= 0.3 is 5.97 Å². The van der Waals surface area contributed by atoms with E-state index >= 15 is 0 Å². The molecule has 0 amide bonds. The Morgan fingerprint density at radius 3 is 2.31 bits per heavy atom. The molecule has 0 aromatic heterocycles. The maximum Gasteiger partial charge on any atom is 0.309 e. The van der Waals surface area contributed by atoms with E-state index in [0.717, 1.165) is 19.3 Å². The molecule has 16 heavy (non-hydrogen) atoms. The lowest BCUT2D eigenvalue weighted by atomic mass is 10.1. The summed E-state index contributed by atoms with van der Waals surface area (Å²) in [6, 6.07) is 0. The molecule has 2 atom stereocenters. The highest BCUT2D eigenvalue weighted by molar-refractivity contribution is 6.74. The van der Waals surface area contributed by atoms with Crippen molar-refractivity contribution in [2.24, 2.45) is 5.92 Å². The van der Waals surface area contributed by atoms with Gasteiger partial charge < -0.3 is 9.53 Å². The number of hydrogen-bond acceptors (Lipinski definition) is 2. The minimum atomic E-state index is -1.82. The van der Waals surface area contributed by atoms with Crippen LogP contribution in [-0.4, -0.2) is 25.5 Å². The second-order valence-corrected chi connectivity index (χ2v) is 11.0. The SMILES string of the molecule is CC(C)(C)[Si](C)(C)O[C@H]1CCC[C@@H]1C(=O)O. The van der Waals surface area contributed by atoms with Crippen molar-refractivity contribution in [3.63, 3.8) is 0 Å². The molecule has 0 bridgehead atoms. The first-order valence-corrected chi connectivity index (χ1v) is 8.96. The first-order chi connectivity index (χ1) is 7.15. The van der Waals surface area contributed by atoms with Crippen LogP contribution in [0.2, 0.25) is 18.1 Å². The second kappa shape index (κ2) is 4.49. The van der Waals surface area contributed by atoms with Gasteiger partial charge in [-0.1, -0.05) is 20.8 Å². The molecule has 1 aliphatic rings. The second-order valence-electron chi connectivity index (χ2n) is 6.29. The van der Waals surface area contributed by atoms with Gasteiger partial charge in [0, 0.05) is 0 Å². The number of carboxylic acids is 1. The molecule has 0 heterocycles. The van der Waals surface area contributed by atoms with E-state index in [1.165, 1.54) is 0 Å². The Kier molecular flexibility index (Phi) is 3.85. The molecular formula is C12H24O3Si. The van der Waals surface area contributed by atoms with Crippen LogP contribution in [0.5, 0.6) is 0 Å². The van der Waals surface area contributed by atoms with E-state index in [9.17, 15) is 4.79 Å². The summed E-state index contributed by atoms with van der Waals surface area (Å²) in [5, 5.41) is 9.27. The van der Waals surface area contributed by atoms with E-state index in [-0.39, 0.29) is 17.1 Å². The molecule has 0 radical (unpaired) electrons. The van der Waals surface area contributed by atoms with Crippen LogP contribution < -0.4 is 0 Å². The van der Waals surface area contributed by atoms with Gasteiger partial charge in [-0.25, -0.2) is 0 Å². The number of rotatable bonds is 3. The zero-order chi connectivity index (χ0) is 12.6. The lowest BCUT2D eigenvalue weighted by Gasteiger charge is -2.39. The topological polar surface area (TPSA) is 46.5 Å². The summed E-state index contributed by atoms with van der Waals surface area (Å²) >= 11 is 0. The first kappa shape index (κ1) is 13.7. The highest BCUT2D eigenvalue weighted by Gasteiger charge is 2.43. The molecule has 1 aliphatic carbocycles. The zero-order valence-electron chi connectivity index (χ0n) is 11.0. The van der Waals surface area contributed by atoms with E-state index in [1.807, 2.05) is 0 Å². The zero-order valence-corrected chi connectivity index (χ0v) is 12.0. The molecule has 0 aliphatic heterocycles. The Morgan fingerprint density at radius 2 is 1.88 bits per heavy atom. The summed E-state index contributed by atoms with van der Waals surface area (Å²) < 4.78 is 6.20. The van der Waals surface area contributed by atoms with Gasteiger partial charge in [0.2, 0.25) is 0 Å². The van der Waals surface area contributed by atoms with Crippen molar-refractivity contribution in [2.75, 3.05) is 0 Å². The van der Waals surface area contributed by atoms with E-state index < -0.39 is 14.3 Å². The van der Waals surface area contributed by atoms with Crippen molar-refractivity contribution >= 4 is 14.3 Å². The van der Waals surface area contributed by atoms with Crippen LogP contribution in [0.3, 0.4) is 0 Å². The average Bonchev–Trinajstić information content (AvgIpc) is 2.49. The fourth-order valence-corrected chi connectivity index (χ4v) is 3.30. The van der Waals surface area contributed by atoms with Crippen LogP contribution in [0.1, 0.15) is 40.0 Å². The van der Waals surface area contributed by atoms with Crippen LogP contribution in [-0.2, 0) is 9.22 Å². The van der Waals surface area contributed by atoms with Gasteiger partial charge in [-0.2, -0.15) is 0 Å². The molecule has 0 aromatic carbocycles. The Balaban J connectivity index is 2.70. The number of aliphatic carboxylic acids is 1. The number of carboxylic acid groups (broad SMARTS) is 1. The van der Waals surface area contributed by atoms with E-state index in [4.69, 9.17) is 9.53 Å². The van der Waals surface area contributed by atoms with Crippen LogP contribution >= 0.6 is 0 Å². The predicted octanol–water partition coefficient (Wildman–Crippen LogP) is 3.26.